The van der Waals surface area contributed by atoms with Crippen molar-refractivity contribution in [3.8, 4) is 9.88 Å². The summed E-state index contributed by atoms with van der Waals surface area (Å²) in [5.41, 5.74) is 1.78. The number of pyridine rings is 1. The first-order valence-electron chi connectivity index (χ1n) is 10.8. The molecule has 0 bridgehead atoms. The van der Waals surface area contributed by atoms with Gasteiger partial charge in [0.2, 0.25) is 0 Å². The highest BCUT2D eigenvalue weighted by molar-refractivity contribution is 7.20. The molecule has 6 nitrogen and oxygen atoms in total. The van der Waals surface area contributed by atoms with Crippen LogP contribution in [0.5, 0.6) is 0 Å². The van der Waals surface area contributed by atoms with Crippen LogP contribution in [-0.4, -0.2) is 52.1 Å². The zero-order valence-corrected chi connectivity index (χ0v) is 19.0. The normalized spacial score (nSPS) is 20.8. The molecular weight excluding hydrogens is 428 g/mol. The second-order valence-electron chi connectivity index (χ2n) is 8.32. The van der Waals surface area contributed by atoms with Gasteiger partial charge in [-0.2, -0.15) is 0 Å². The van der Waals surface area contributed by atoms with Gasteiger partial charge in [-0.25, -0.2) is 4.98 Å². The maximum absolute atomic E-state index is 12.5. The number of thiophene rings is 1. The Morgan fingerprint density at radius 3 is 2.81 bits per heavy atom. The molecular formula is C23H26N4O2S2. The molecule has 0 aliphatic carbocycles. The molecule has 0 aromatic carbocycles. The molecule has 2 saturated heterocycles. The molecule has 1 amide bonds. The number of piperidine rings is 1. The van der Waals surface area contributed by atoms with Crippen LogP contribution in [0.4, 0.5) is 0 Å². The molecule has 0 unspecified atom stereocenters. The minimum atomic E-state index is -0.115. The fraction of sp³-hybridized carbons (Fsp3) is 0.435. The van der Waals surface area contributed by atoms with Crippen LogP contribution in [0, 0.1) is 0 Å². The first-order valence-corrected chi connectivity index (χ1v) is 12.5. The van der Waals surface area contributed by atoms with E-state index in [1.165, 1.54) is 16.9 Å². The number of ether oxygens (including phenoxy) is 1. The van der Waals surface area contributed by atoms with Gasteiger partial charge in [0.15, 0.2) is 0 Å². The third-order valence-electron chi connectivity index (χ3n) is 6.22. The van der Waals surface area contributed by atoms with Crippen LogP contribution in [0.25, 0.3) is 9.88 Å². The van der Waals surface area contributed by atoms with Crippen LogP contribution in [-0.2, 0) is 11.3 Å². The zero-order valence-electron chi connectivity index (χ0n) is 17.3. The van der Waals surface area contributed by atoms with Crippen molar-refractivity contribution in [2.45, 2.75) is 43.9 Å². The van der Waals surface area contributed by atoms with Gasteiger partial charge in [0.05, 0.1) is 16.6 Å². The third kappa shape index (κ3) is 4.87. The summed E-state index contributed by atoms with van der Waals surface area (Å²) >= 11 is 3.15. The molecule has 5 heterocycles. The van der Waals surface area contributed by atoms with Crippen LogP contribution in [0.2, 0.25) is 0 Å². The number of amides is 1. The standard InChI is InChI=1S/C23H26N4O2S2/c28-21(19-16-31-22(26-19)20-2-1-13-30-20)25-14-18-3-6-23(29-18)7-11-27(12-8-23)15-17-4-9-24-10-5-17/h1-2,4-5,9-10,13,16,18H,3,6-8,11-12,14-15H2,(H,25,28)/t18-/m1/s1. The lowest BCUT2D eigenvalue weighted by molar-refractivity contribution is -0.0764. The lowest BCUT2D eigenvalue weighted by Gasteiger charge is -2.39. The second-order valence-corrected chi connectivity index (χ2v) is 10.1. The summed E-state index contributed by atoms with van der Waals surface area (Å²) in [4.78, 5) is 24.7. The lowest BCUT2D eigenvalue weighted by Crippen LogP contribution is -2.44. The van der Waals surface area contributed by atoms with Crippen molar-refractivity contribution in [1.29, 1.82) is 0 Å². The SMILES string of the molecule is O=C(NC[C@H]1CCC2(CCN(Cc3ccncc3)CC2)O1)c1csc(-c2cccs2)n1. The van der Waals surface area contributed by atoms with Crippen LogP contribution in [0.3, 0.4) is 0 Å². The van der Waals surface area contributed by atoms with E-state index in [0.717, 1.165) is 55.2 Å². The van der Waals surface area contributed by atoms with E-state index in [0.29, 0.717) is 12.2 Å². The summed E-state index contributed by atoms with van der Waals surface area (Å²) in [6.07, 6.45) is 7.99. The molecule has 0 saturated carbocycles. The third-order valence-corrected chi connectivity index (χ3v) is 8.10. The maximum atomic E-state index is 12.5. The summed E-state index contributed by atoms with van der Waals surface area (Å²) in [7, 11) is 0. The number of hydrogen-bond donors (Lipinski definition) is 1. The van der Waals surface area contributed by atoms with Gasteiger partial charge in [-0.15, -0.1) is 22.7 Å². The summed E-state index contributed by atoms with van der Waals surface area (Å²) in [5.74, 6) is -0.115. The molecule has 1 spiro atoms. The van der Waals surface area contributed by atoms with Crippen LogP contribution >= 0.6 is 22.7 Å². The minimum absolute atomic E-state index is 0.0168. The number of nitrogens with zero attached hydrogens (tertiary/aromatic N) is 3. The molecule has 1 N–H and O–H groups in total. The average Bonchev–Trinajstić information content (AvgIpc) is 3.56. The van der Waals surface area contributed by atoms with E-state index < -0.39 is 0 Å². The van der Waals surface area contributed by atoms with Crippen molar-refractivity contribution in [2.75, 3.05) is 19.6 Å². The molecule has 1 atom stereocenters. The van der Waals surface area contributed by atoms with Gasteiger partial charge >= 0.3 is 0 Å². The van der Waals surface area contributed by atoms with Crippen molar-refractivity contribution in [2.24, 2.45) is 0 Å². The van der Waals surface area contributed by atoms with Crippen molar-refractivity contribution in [1.82, 2.24) is 20.2 Å². The number of aromatic nitrogens is 2. The van der Waals surface area contributed by atoms with E-state index >= 15 is 0 Å². The number of likely N-dealkylation sites (tertiary alicyclic amines) is 1. The molecule has 0 radical (unpaired) electrons. The highest BCUT2D eigenvalue weighted by Gasteiger charge is 2.42. The Labute approximate surface area is 190 Å². The van der Waals surface area contributed by atoms with Gasteiger partial charge in [-0.3, -0.25) is 14.7 Å². The number of rotatable bonds is 6. The molecule has 3 aromatic rings. The van der Waals surface area contributed by atoms with Crippen molar-refractivity contribution >= 4 is 28.6 Å². The maximum Gasteiger partial charge on any atom is 0.270 e. The molecule has 3 aromatic heterocycles. The van der Waals surface area contributed by atoms with Gasteiger partial charge in [-0.1, -0.05) is 6.07 Å². The quantitative estimate of drug-likeness (QED) is 0.604. The van der Waals surface area contributed by atoms with Gasteiger partial charge in [-0.05, 0) is 54.8 Å². The van der Waals surface area contributed by atoms with Gasteiger partial charge < -0.3 is 10.1 Å². The van der Waals surface area contributed by atoms with Crippen LogP contribution in [0.15, 0.2) is 47.4 Å². The fourth-order valence-corrected chi connectivity index (χ4v) is 6.07. The summed E-state index contributed by atoms with van der Waals surface area (Å²) in [5, 5.41) is 7.78. The van der Waals surface area contributed by atoms with Crippen molar-refractivity contribution < 1.29 is 9.53 Å². The Morgan fingerprint density at radius 1 is 1.19 bits per heavy atom. The highest BCUT2D eigenvalue weighted by atomic mass is 32.1. The van der Waals surface area contributed by atoms with E-state index in [1.54, 1.807) is 11.3 Å². The van der Waals surface area contributed by atoms with Crippen LogP contribution < -0.4 is 5.32 Å². The Hall–Kier alpha value is -2.13. The summed E-state index contributed by atoms with van der Waals surface area (Å²) < 4.78 is 6.47. The summed E-state index contributed by atoms with van der Waals surface area (Å²) in [6, 6.07) is 8.19. The average molecular weight is 455 g/mol. The number of carbonyl (C=O) groups is 1. The smallest absolute Gasteiger partial charge is 0.270 e. The van der Waals surface area contributed by atoms with Gasteiger partial charge in [0.25, 0.3) is 5.91 Å². The minimum Gasteiger partial charge on any atom is -0.370 e. The molecule has 2 aliphatic rings. The Balaban J connectivity index is 1.09. The van der Waals surface area contributed by atoms with E-state index in [2.05, 4.69) is 32.3 Å². The topological polar surface area (TPSA) is 67.4 Å². The predicted octanol–water partition coefficient (Wildman–Crippen LogP) is 4.21. The first-order chi connectivity index (χ1) is 15.2. The van der Waals surface area contributed by atoms with E-state index in [-0.39, 0.29) is 17.6 Å². The first kappa shape index (κ1) is 20.8. The number of thiazole rings is 1. The zero-order chi connectivity index (χ0) is 21.1. The Bertz CT molecular complexity index is 998. The van der Waals surface area contributed by atoms with Crippen molar-refractivity contribution in [3.05, 3.63) is 58.7 Å². The molecule has 2 aliphatic heterocycles. The Morgan fingerprint density at radius 2 is 2.03 bits per heavy atom. The summed E-state index contributed by atoms with van der Waals surface area (Å²) in [6.45, 7) is 3.61. The van der Waals surface area contributed by atoms with Gasteiger partial charge in [0.1, 0.15) is 10.7 Å². The molecule has 2 fully saturated rings. The number of hydrogen-bond acceptors (Lipinski definition) is 7. The Kier molecular flexibility index (Phi) is 6.13. The van der Waals surface area contributed by atoms with Gasteiger partial charge in [0, 0.05) is 44.0 Å². The van der Waals surface area contributed by atoms with Crippen LogP contribution in [0.1, 0.15) is 41.7 Å². The largest absolute Gasteiger partial charge is 0.370 e. The molecule has 162 valence electrons. The number of nitrogens with one attached hydrogen (secondary N) is 1. The molecule has 31 heavy (non-hydrogen) atoms. The number of carbonyl (C=O) groups excluding carboxylic acids is 1. The predicted molar refractivity (Wildman–Crippen MR) is 123 cm³/mol. The second kappa shape index (κ2) is 9.16. The molecule has 5 rings (SSSR count). The van der Waals surface area contributed by atoms with E-state index in [1.807, 2.05) is 35.3 Å². The molecule has 8 heteroatoms. The lowest BCUT2D eigenvalue weighted by atomic mass is 9.88. The van der Waals surface area contributed by atoms with E-state index in [4.69, 9.17) is 4.74 Å². The van der Waals surface area contributed by atoms with E-state index in [9.17, 15) is 4.79 Å². The van der Waals surface area contributed by atoms with Crippen molar-refractivity contribution in [3.63, 3.8) is 0 Å². The monoisotopic (exact) mass is 454 g/mol. The fourth-order valence-electron chi connectivity index (χ4n) is 4.46. The highest BCUT2D eigenvalue weighted by Crippen LogP contribution is 2.39.